The largest absolute Gasteiger partial charge is 0.309 e. The number of amides is 1. The highest BCUT2D eigenvalue weighted by Crippen LogP contribution is 2.30. The predicted octanol–water partition coefficient (Wildman–Crippen LogP) is 4.83. The Balaban J connectivity index is 1.72. The minimum Gasteiger partial charge on any atom is -0.309 e. The molecule has 0 aliphatic heterocycles. The van der Waals surface area contributed by atoms with Gasteiger partial charge in [-0.2, -0.15) is 0 Å². The molecular weight excluding hydrogens is 324 g/mol. The molecule has 3 aromatic rings. The number of para-hydroxylation sites is 2. The van der Waals surface area contributed by atoms with Crippen LogP contribution in [0.3, 0.4) is 0 Å². The summed E-state index contributed by atoms with van der Waals surface area (Å²) >= 11 is 3.15. The van der Waals surface area contributed by atoms with Crippen molar-refractivity contribution in [3.05, 3.63) is 54.6 Å². The van der Waals surface area contributed by atoms with Crippen LogP contribution in [0.2, 0.25) is 0 Å². The summed E-state index contributed by atoms with van der Waals surface area (Å²) in [4.78, 5) is 19.1. The van der Waals surface area contributed by atoms with Crippen molar-refractivity contribution in [1.82, 2.24) is 4.98 Å². The number of anilines is 1. The molecule has 0 bridgehead atoms. The van der Waals surface area contributed by atoms with Gasteiger partial charge in [-0.05, 0) is 38.1 Å². The minimum absolute atomic E-state index is 0.107. The molecule has 3 nitrogen and oxygen atoms in total. The SMILES string of the molecule is CC(C)N(C(=O)CSc1nc2ccccc2s1)c1ccccc1. The fraction of sp³-hybridized carbons (Fsp3) is 0.222. The first-order valence-electron chi connectivity index (χ1n) is 7.50. The molecule has 0 unspecified atom stereocenters. The molecule has 0 saturated carbocycles. The second-order valence-electron chi connectivity index (χ2n) is 5.43. The Morgan fingerprint density at radius 3 is 2.52 bits per heavy atom. The van der Waals surface area contributed by atoms with Gasteiger partial charge >= 0.3 is 0 Å². The number of carbonyl (C=O) groups is 1. The van der Waals surface area contributed by atoms with Gasteiger partial charge in [0.2, 0.25) is 5.91 Å². The van der Waals surface area contributed by atoms with Gasteiger partial charge in [-0.1, -0.05) is 42.1 Å². The number of fused-ring (bicyclic) bond motifs is 1. The van der Waals surface area contributed by atoms with Crippen LogP contribution in [0.5, 0.6) is 0 Å². The van der Waals surface area contributed by atoms with E-state index in [2.05, 4.69) is 11.1 Å². The summed E-state index contributed by atoms with van der Waals surface area (Å²) < 4.78 is 2.10. The first-order chi connectivity index (χ1) is 11.1. The van der Waals surface area contributed by atoms with Crippen molar-refractivity contribution in [2.75, 3.05) is 10.7 Å². The maximum Gasteiger partial charge on any atom is 0.237 e. The van der Waals surface area contributed by atoms with Crippen LogP contribution >= 0.6 is 23.1 Å². The van der Waals surface area contributed by atoms with Crippen LogP contribution in [-0.4, -0.2) is 22.7 Å². The Labute approximate surface area is 144 Å². The second-order valence-corrected chi connectivity index (χ2v) is 7.68. The maximum atomic E-state index is 12.7. The molecule has 23 heavy (non-hydrogen) atoms. The van der Waals surface area contributed by atoms with E-state index in [9.17, 15) is 4.79 Å². The summed E-state index contributed by atoms with van der Waals surface area (Å²) in [6.45, 7) is 4.07. The number of rotatable bonds is 5. The van der Waals surface area contributed by atoms with E-state index in [4.69, 9.17) is 0 Å². The Bertz CT molecular complexity index is 766. The van der Waals surface area contributed by atoms with Crippen LogP contribution in [0.1, 0.15) is 13.8 Å². The third kappa shape index (κ3) is 3.74. The van der Waals surface area contributed by atoms with Gasteiger partial charge in [0.25, 0.3) is 0 Å². The van der Waals surface area contributed by atoms with Crippen LogP contribution in [0.4, 0.5) is 5.69 Å². The molecule has 0 aliphatic rings. The molecular formula is C18H18N2OS2. The summed E-state index contributed by atoms with van der Waals surface area (Å²) in [5.74, 6) is 0.503. The number of hydrogen-bond acceptors (Lipinski definition) is 4. The quantitative estimate of drug-likeness (QED) is 0.623. The summed E-state index contributed by atoms with van der Waals surface area (Å²) in [6, 6.07) is 18.0. The highest BCUT2D eigenvalue weighted by atomic mass is 32.2. The molecule has 0 atom stereocenters. The van der Waals surface area contributed by atoms with Crippen molar-refractivity contribution in [1.29, 1.82) is 0 Å². The Morgan fingerprint density at radius 1 is 1.13 bits per heavy atom. The summed E-state index contributed by atoms with van der Waals surface area (Å²) in [6.07, 6.45) is 0. The lowest BCUT2D eigenvalue weighted by molar-refractivity contribution is -0.116. The van der Waals surface area contributed by atoms with Crippen LogP contribution < -0.4 is 4.90 Å². The third-order valence-electron chi connectivity index (χ3n) is 3.41. The number of benzene rings is 2. The summed E-state index contributed by atoms with van der Waals surface area (Å²) in [5, 5.41) is 0. The molecule has 0 saturated heterocycles. The lowest BCUT2D eigenvalue weighted by Crippen LogP contribution is -2.38. The first-order valence-corrected chi connectivity index (χ1v) is 9.31. The molecule has 3 rings (SSSR count). The van der Waals surface area contributed by atoms with Crippen molar-refractivity contribution in [2.45, 2.75) is 24.2 Å². The van der Waals surface area contributed by atoms with E-state index < -0.39 is 0 Å². The van der Waals surface area contributed by atoms with E-state index in [0.29, 0.717) is 5.75 Å². The van der Waals surface area contributed by atoms with E-state index in [1.54, 1.807) is 11.3 Å². The molecule has 5 heteroatoms. The summed E-state index contributed by atoms with van der Waals surface area (Å²) in [7, 11) is 0. The van der Waals surface area contributed by atoms with E-state index in [1.807, 2.05) is 67.3 Å². The van der Waals surface area contributed by atoms with Crippen LogP contribution in [0.15, 0.2) is 58.9 Å². The van der Waals surface area contributed by atoms with E-state index >= 15 is 0 Å². The van der Waals surface area contributed by atoms with Gasteiger partial charge in [0.1, 0.15) is 0 Å². The molecule has 0 N–H and O–H groups in total. The maximum absolute atomic E-state index is 12.7. The number of aromatic nitrogens is 1. The molecule has 2 aromatic carbocycles. The fourth-order valence-corrected chi connectivity index (χ4v) is 4.35. The topological polar surface area (TPSA) is 33.2 Å². The average Bonchev–Trinajstić information content (AvgIpc) is 2.96. The molecule has 0 spiro atoms. The number of nitrogens with zero attached hydrogens (tertiary/aromatic N) is 2. The Hall–Kier alpha value is -1.85. The third-order valence-corrected chi connectivity index (χ3v) is 5.58. The van der Waals surface area contributed by atoms with Crippen molar-refractivity contribution >= 4 is 44.9 Å². The van der Waals surface area contributed by atoms with E-state index in [0.717, 1.165) is 20.2 Å². The zero-order valence-electron chi connectivity index (χ0n) is 13.1. The van der Waals surface area contributed by atoms with Crippen LogP contribution in [0.25, 0.3) is 10.2 Å². The van der Waals surface area contributed by atoms with Gasteiger partial charge in [-0.15, -0.1) is 11.3 Å². The number of thioether (sulfide) groups is 1. The van der Waals surface area contributed by atoms with Crippen molar-refractivity contribution in [3.8, 4) is 0 Å². The number of hydrogen-bond donors (Lipinski definition) is 0. The van der Waals surface area contributed by atoms with E-state index in [1.165, 1.54) is 11.8 Å². The molecule has 1 aromatic heterocycles. The van der Waals surface area contributed by atoms with Gasteiger partial charge in [0.05, 0.1) is 16.0 Å². The molecule has 118 valence electrons. The zero-order valence-corrected chi connectivity index (χ0v) is 14.7. The lowest BCUT2D eigenvalue weighted by Gasteiger charge is -2.26. The Morgan fingerprint density at radius 2 is 1.83 bits per heavy atom. The van der Waals surface area contributed by atoms with E-state index in [-0.39, 0.29) is 11.9 Å². The normalized spacial score (nSPS) is 11.1. The van der Waals surface area contributed by atoms with Gasteiger partial charge in [-0.3, -0.25) is 4.79 Å². The second kappa shape index (κ2) is 7.15. The average molecular weight is 342 g/mol. The number of thiazole rings is 1. The monoisotopic (exact) mass is 342 g/mol. The highest BCUT2D eigenvalue weighted by Gasteiger charge is 2.19. The lowest BCUT2D eigenvalue weighted by atomic mass is 10.2. The Kier molecular flexibility index (Phi) is 4.98. The van der Waals surface area contributed by atoms with Gasteiger partial charge in [-0.25, -0.2) is 4.98 Å². The zero-order chi connectivity index (χ0) is 16.2. The summed E-state index contributed by atoms with van der Waals surface area (Å²) in [5.41, 5.74) is 1.94. The standard InChI is InChI=1S/C18H18N2OS2/c1-13(2)20(14-8-4-3-5-9-14)17(21)12-22-18-19-15-10-6-7-11-16(15)23-18/h3-11,13H,12H2,1-2H3. The van der Waals surface area contributed by atoms with Crippen molar-refractivity contribution < 1.29 is 4.79 Å². The smallest absolute Gasteiger partial charge is 0.237 e. The molecule has 0 aliphatic carbocycles. The number of carbonyl (C=O) groups excluding carboxylic acids is 1. The molecule has 0 fully saturated rings. The van der Waals surface area contributed by atoms with Crippen molar-refractivity contribution in [3.63, 3.8) is 0 Å². The molecule has 1 amide bonds. The molecule has 0 radical (unpaired) electrons. The van der Waals surface area contributed by atoms with Gasteiger partial charge in [0, 0.05) is 11.7 Å². The predicted molar refractivity (Wildman–Crippen MR) is 99.4 cm³/mol. The van der Waals surface area contributed by atoms with Crippen LogP contribution in [0, 0.1) is 0 Å². The van der Waals surface area contributed by atoms with Gasteiger partial charge in [0.15, 0.2) is 4.34 Å². The van der Waals surface area contributed by atoms with Gasteiger partial charge < -0.3 is 4.90 Å². The highest BCUT2D eigenvalue weighted by molar-refractivity contribution is 8.01. The first kappa shape index (κ1) is 16.0. The molecule has 1 heterocycles. The fourth-order valence-electron chi connectivity index (χ4n) is 2.42. The minimum atomic E-state index is 0.107. The van der Waals surface area contributed by atoms with Crippen LogP contribution in [-0.2, 0) is 4.79 Å². The van der Waals surface area contributed by atoms with Crippen molar-refractivity contribution in [2.24, 2.45) is 0 Å².